The fraction of sp³-hybridized carbons (Fsp3) is 1.00. The van der Waals surface area contributed by atoms with Crippen LogP contribution in [-0.4, -0.2) is 29.7 Å². The van der Waals surface area contributed by atoms with Gasteiger partial charge in [-0.2, -0.15) is 0 Å². The van der Waals surface area contributed by atoms with Gasteiger partial charge in [0.25, 0.3) is 0 Å². The molecule has 0 heterocycles. The summed E-state index contributed by atoms with van der Waals surface area (Å²) in [6.07, 6.45) is 0. The first kappa shape index (κ1) is 14.8. The molecule has 1 nitrogen and oxygen atoms in total. The smallest absolute Gasteiger partial charge is 0.0907 e. The van der Waals surface area contributed by atoms with Gasteiger partial charge >= 0.3 is 0 Å². The van der Waals surface area contributed by atoms with Gasteiger partial charge in [-0.05, 0) is 41.5 Å². The molecule has 2 heteroatoms. The van der Waals surface area contributed by atoms with Crippen molar-refractivity contribution in [3.05, 3.63) is 0 Å². The second-order valence-corrected chi connectivity index (χ2v) is 5.80. The molecule has 0 unspecified atom stereocenters. The maximum Gasteiger partial charge on any atom is 0.0907 e. The first-order valence-corrected chi connectivity index (χ1v) is 4.34. The molecule has 0 saturated carbocycles. The predicted molar refractivity (Wildman–Crippen MR) is 51.6 cm³/mol. The number of hydrogen-bond donors (Lipinski definition) is 0. The Bertz CT molecular complexity index is 121. The van der Waals surface area contributed by atoms with Gasteiger partial charge in [-0.3, -0.25) is 0 Å². The number of halogens is 1. The monoisotopic (exact) mass is 193 g/mol. The Morgan fingerprint density at radius 2 is 0.833 bits per heavy atom. The number of quaternary nitrogens is 1. The van der Waals surface area contributed by atoms with Crippen molar-refractivity contribution in [2.45, 2.75) is 52.6 Å². The molecular formula is C10H24ClN. The lowest BCUT2D eigenvalue weighted by Gasteiger charge is -2.51. The zero-order valence-corrected chi connectivity index (χ0v) is 10.6. The van der Waals surface area contributed by atoms with Crippen LogP contribution < -0.4 is 12.4 Å². The SMILES string of the molecule is CC(C)(C)[N+](C)(C)C(C)(C)C.[Cl-]. The van der Waals surface area contributed by atoms with E-state index in [0.29, 0.717) is 11.1 Å². The van der Waals surface area contributed by atoms with Gasteiger partial charge in [0.2, 0.25) is 0 Å². The summed E-state index contributed by atoms with van der Waals surface area (Å²) in [6, 6.07) is 0. The lowest BCUT2D eigenvalue weighted by molar-refractivity contribution is -0.977. The molecule has 12 heavy (non-hydrogen) atoms. The molecule has 0 fully saturated rings. The summed E-state index contributed by atoms with van der Waals surface area (Å²) in [4.78, 5) is 0. The van der Waals surface area contributed by atoms with Crippen LogP contribution >= 0.6 is 0 Å². The normalized spacial score (nSPS) is 14.0. The van der Waals surface area contributed by atoms with Gasteiger partial charge in [-0.15, -0.1) is 0 Å². The first-order chi connectivity index (χ1) is 4.50. The zero-order valence-electron chi connectivity index (χ0n) is 9.83. The van der Waals surface area contributed by atoms with Crippen molar-refractivity contribution in [2.75, 3.05) is 14.1 Å². The Morgan fingerprint density at radius 1 is 0.667 bits per heavy atom. The van der Waals surface area contributed by atoms with E-state index in [9.17, 15) is 0 Å². The standard InChI is InChI=1S/C10H24N.ClH/c1-9(2,3)11(7,8)10(4,5)6;/h1-8H3;1H/q+1;/p-1. The average molecular weight is 194 g/mol. The Kier molecular flexibility index (Phi) is 4.36. The zero-order chi connectivity index (χ0) is 9.50. The van der Waals surface area contributed by atoms with Crippen LogP contribution in [0.4, 0.5) is 0 Å². The highest BCUT2D eigenvalue weighted by atomic mass is 35.5. The Balaban J connectivity index is 0. The summed E-state index contributed by atoms with van der Waals surface area (Å²) in [6.45, 7) is 13.7. The third-order valence-electron chi connectivity index (χ3n) is 3.35. The largest absolute Gasteiger partial charge is 1.00 e. The number of rotatable bonds is 0. The van der Waals surface area contributed by atoms with E-state index >= 15 is 0 Å². The van der Waals surface area contributed by atoms with Crippen molar-refractivity contribution >= 4 is 0 Å². The van der Waals surface area contributed by atoms with Crippen molar-refractivity contribution in [1.29, 1.82) is 0 Å². The van der Waals surface area contributed by atoms with Gasteiger partial charge < -0.3 is 16.9 Å². The van der Waals surface area contributed by atoms with E-state index in [2.05, 4.69) is 55.6 Å². The van der Waals surface area contributed by atoms with E-state index in [1.807, 2.05) is 0 Å². The summed E-state index contributed by atoms with van der Waals surface area (Å²) >= 11 is 0. The van der Waals surface area contributed by atoms with Gasteiger partial charge in [0, 0.05) is 0 Å². The Morgan fingerprint density at radius 3 is 0.833 bits per heavy atom. The highest BCUT2D eigenvalue weighted by molar-refractivity contribution is 4.70. The van der Waals surface area contributed by atoms with Crippen molar-refractivity contribution in [1.82, 2.24) is 0 Å². The lowest BCUT2D eigenvalue weighted by atomic mass is 9.93. The van der Waals surface area contributed by atoms with Crippen LogP contribution in [0, 0.1) is 0 Å². The molecule has 0 radical (unpaired) electrons. The fourth-order valence-electron chi connectivity index (χ4n) is 1.01. The predicted octanol–water partition coefficient (Wildman–Crippen LogP) is -0.336. The summed E-state index contributed by atoms with van der Waals surface area (Å²) < 4.78 is 1.04. The average Bonchev–Trinajstić information content (AvgIpc) is 1.58. The number of nitrogens with zero attached hydrogens (tertiary/aromatic N) is 1. The van der Waals surface area contributed by atoms with E-state index in [-0.39, 0.29) is 12.4 Å². The van der Waals surface area contributed by atoms with Gasteiger partial charge in [0.15, 0.2) is 0 Å². The molecule has 0 spiro atoms. The maximum absolute atomic E-state index is 2.29. The Hall–Kier alpha value is 0.250. The van der Waals surface area contributed by atoms with E-state index in [0.717, 1.165) is 4.48 Å². The van der Waals surface area contributed by atoms with Gasteiger partial charge in [0.1, 0.15) is 0 Å². The molecule has 0 aromatic carbocycles. The summed E-state index contributed by atoms with van der Waals surface area (Å²) in [5.74, 6) is 0. The fourth-order valence-corrected chi connectivity index (χ4v) is 1.01. The summed E-state index contributed by atoms with van der Waals surface area (Å²) in [5.41, 5.74) is 0.635. The van der Waals surface area contributed by atoms with E-state index in [4.69, 9.17) is 0 Å². The maximum atomic E-state index is 2.29. The van der Waals surface area contributed by atoms with Crippen molar-refractivity contribution in [2.24, 2.45) is 0 Å². The minimum Gasteiger partial charge on any atom is -1.00 e. The minimum absolute atomic E-state index is 0. The minimum atomic E-state index is 0. The molecule has 0 rings (SSSR count). The molecule has 76 valence electrons. The van der Waals surface area contributed by atoms with Gasteiger partial charge in [0.05, 0.1) is 25.2 Å². The second kappa shape index (κ2) is 3.55. The van der Waals surface area contributed by atoms with Crippen molar-refractivity contribution in [3.8, 4) is 0 Å². The van der Waals surface area contributed by atoms with Crippen LogP contribution in [0.2, 0.25) is 0 Å². The van der Waals surface area contributed by atoms with Crippen LogP contribution in [-0.2, 0) is 0 Å². The molecule has 0 aromatic heterocycles. The van der Waals surface area contributed by atoms with Crippen molar-refractivity contribution in [3.63, 3.8) is 0 Å². The Labute approximate surface area is 84.1 Å². The van der Waals surface area contributed by atoms with E-state index < -0.39 is 0 Å². The van der Waals surface area contributed by atoms with E-state index in [1.165, 1.54) is 0 Å². The molecule has 0 aromatic rings. The van der Waals surface area contributed by atoms with Crippen LogP contribution in [0.25, 0.3) is 0 Å². The summed E-state index contributed by atoms with van der Waals surface area (Å²) in [7, 11) is 4.58. The van der Waals surface area contributed by atoms with Crippen molar-refractivity contribution < 1.29 is 16.9 Å². The third-order valence-corrected chi connectivity index (χ3v) is 3.35. The van der Waals surface area contributed by atoms with Crippen LogP contribution in [0.1, 0.15) is 41.5 Å². The molecule has 0 N–H and O–H groups in total. The van der Waals surface area contributed by atoms with Gasteiger partial charge in [-0.1, -0.05) is 0 Å². The molecule has 0 saturated heterocycles. The topological polar surface area (TPSA) is 0 Å². The molecule has 0 aliphatic carbocycles. The molecule has 0 atom stereocenters. The number of hydrogen-bond acceptors (Lipinski definition) is 0. The molecule has 0 bridgehead atoms. The lowest BCUT2D eigenvalue weighted by Crippen LogP contribution is -3.00. The van der Waals surface area contributed by atoms with Crippen LogP contribution in [0.5, 0.6) is 0 Å². The van der Waals surface area contributed by atoms with Crippen LogP contribution in [0.3, 0.4) is 0 Å². The highest BCUT2D eigenvalue weighted by Crippen LogP contribution is 2.29. The second-order valence-electron chi connectivity index (χ2n) is 5.80. The molecule has 0 amide bonds. The van der Waals surface area contributed by atoms with Crippen LogP contribution in [0.15, 0.2) is 0 Å². The molecular weight excluding hydrogens is 170 g/mol. The third kappa shape index (κ3) is 2.63. The summed E-state index contributed by atoms with van der Waals surface area (Å²) in [5, 5.41) is 0. The van der Waals surface area contributed by atoms with Gasteiger partial charge in [-0.25, -0.2) is 0 Å². The molecule has 0 aliphatic heterocycles. The first-order valence-electron chi connectivity index (χ1n) is 4.34. The quantitative estimate of drug-likeness (QED) is 0.462. The van der Waals surface area contributed by atoms with E-state index in [1.54, 1.807) is 0 Å². The molecule has 0 aliphatic rings. The highest BCUT2D eigenvalue weighted by Gasteiger charge is 2.41.